The smallest absolute Gasteiger partial charge is 0.354 e. The summed E-state index contributed by atoms with van der Waals surface area (Å²) in [7, 11) is 0. The van der Waals surface area contributed by atoms with Crippen molar-refractivity contribution in [3.63, 3.8) is 0 Å². The number of nitrogens with zero attached hydrogens (tertiary/aromatic N) is 3. The van der Waals surface area contributed by atoms with Crippen molar-refractivity contribution in [1.82, 2.24) is 4.98 Å². The Labute approximate surface area is 173 Å². The molecule has 0 unspecified atom stereocenters. The van der Waals surface area contributed by atoms with Crippen molar-refractivity contribution < 1.29 is 41.5 Å². The number of esters is 2. The van der Waals surface area contributed by atoms with Crippen LogP contribution in [0.1, 0.15) is 34.9 Å². The summed E-state index contributed by atoms with van der Waals surface area (Å²) in [5.74, 6) is -2.03. The summed E-state index contributed by atoms with van der Waals surface area (Å²) in [4.78, 5) is 36.2. The van der Waals surface area contributed by atoms with Crippen LogP contribution in [0.25, 0.3) is 21.5 Å². The lowest BCUT2D eigenvalue weighted by molar-refractivity contribution is -0.141. The topological polar surface area (TPSA) is 160 Å². The Morgan fingerprint density at radius 3 is 2.39 bits per heavy atom. The molecule has 11 nitrogen and oxygen atoms in total. The van der Waals surface area contributed by atoms with E-state index in [2.05, 4.69) is 24.2 Å². The van der Waals surface area contributed by atoms with Crippen molar-refractivity contribution >= 4 is 29.3 Å². The minimum Gasteiger partial charge on any atom is -0.466 e. The quantitative estimate of drug-likeness (QED) is 0.198. The lowest BCUT2D eigenvalue weighted by Gasteiger charge is -1.96. The summed E-state index contributed by atoms with van der Waals surface area (Å²) in [6.45, 7) is 3.77. The lowest BCUT2D eigenvalue weighted by Crippen LogP contribution is -2.06. The molecule has 3 aromatic rings. The maximum absolute atomic E-state index is 12.9. The normalized spacial score (nSPS) is 9.42. The number of furan rings is 2. The minimum absolute atomic E-state index is 0.0162. The molecule has 13 heteroatoms. The Hall–Kier alpha value is -4.12. The summed E-state index contributed by atoms with van der Waals surface area (Å²) in [5.41, 5.74) is 8.43. The van der Waals surface area contributed by atoms with E-state index >= 15 is 0 Å². The zero-order chi connectivity index (χ0) is 23.2. The molecule has 0 saturated carbocycles. The number of halogens is 2. The second-order valence-electron chi connectivity index (χ2n) is 5.21. The predicted octanol–water partition coefficient (Wildman–Crippen LogP) is 4.17. The van der Waals surface area contributed by atoms with Gasteiger partial charge in [-0.15, -0.1) is 0 Å². The van der Waals surface area contributed by atoms with Gasteiger partial charge in [-0.1, -0.05) is 5.11 Å². The molecule has 0 aromatic carbocycles. The van der Waals surface area contributed by atoms with Crippen LogP contribution in [-0.2, 0) is 14.3 Å². The lowest BCUT2D eigenvalue weighted by atomic mass is 10.4. The van der Waals surface area contributed by atoms with Gasteiger partial charge in [0.05, 0.1) is 13.2 Å². The van der Waals surface area contributed by atoms with Crippen molar-refractivity contribution in [2.45, 2.75) is 13.8 Å². The molecule has 0 atom stereocenters. The second kappa shape index (κ2) is 13.2. The van der Waals surface area contributed by atoms with Crippen LogP contribution in [-0.4, -0.2) is 43.0 Å². The summed E-state index contributed by atoms with van der Waals surface area (Å²) >= 11 is 0. The molecule has 0 fully saturated rings. The number of H-pyrrole nitrogens is 1. The van der Waals surface area contributed by atoms with Gasteiger partial charge >= 0.3 is 11.9 Å². The molecule has 0 amide bonds. The summed E-state index contributed by atoms with van der Waals surface area (Å²) < 4.78 is 43.2. The highest BCUT2D eigenvalue weighted by Crippen LogP contribution is 2.20. The third-order valence-corrected chi connectivity index (χ3v) is 3.08. The van der Waals surface area contributed by atoms with Gasteiger partial charge in [0.25, 0.3) is 0 Å². The van der Waals surface area contributed by atoms with Crippen LogP contribution in [0.3, 0.4) is 0 Å². The highest BCUT2D eigenvalue weighted by molar-refractivity contribution is 5.93. The van der Waals surface area contributed by atoms with Gasteiger partial charge < -0.3 is 23.3 Å². The predicted molar refractivity (Wildman–Crippen MR) is 101 cm³/mol. The molecule has 0 aliphatic rings. The van der Waals surface area contributed by atoms with Gasteiger partial charge in [0.2, 0.25) is 0 Å². The summed E-state index contributed by atoms with van der Waals surface area (Å²) in [5, 5.41) is 3.00. The van der Waals surface area contributed by atoms with Crippen molar-refractivity contribution in [2.75, 3.05) is 19.8 Å². The Bertz CT molecular complexity index is 1050. The fourth-order valence-electron chi connectivity index (χ4n) is 1.88. The molecule has 0 aliphatic carbocycles. The Kier molecular flexibility index (Phi) is 10.6. The van der Waals surface area contributed by atoms with Crippen LogP contribution in [0.4, 0.5) is 8.78 Å². The van der Waals surface area contributed by atoms with E-state index < -0.39 is 23.6 Å². The van der Waals surface area contributed by atoms with E-state index in [1.165, 1.54) is 6.07 Å². The largest absolute Gasteiger partial charge is 0.466 e. The molecule has 166 valence electrons. The zero-order valence-electron chi connectivity index (χ0n) is 16.5. The SMILES string of the molecule is CCOC(=O)CN=[N+]=[N-].CCOC(=O)c1cc2occ(F)c2[nH]1.O=Cc1cc(F)co1. The number of fused-ring (bicyclic) bond motifs is 1. The zero-order valence-corrected chi connectivity index (χ0v) is 16.5. The molecular formula is C18H18F2N4O7. The number of azide groups is 1. The van der Waals surface area contributed by atoms with E-state index in [0.29, 0.717) is 18.5 Å². The first-order valence-corrected chi connectivity index (χ1v) is 8.64. The van der Waals surface area contributed by atoms with Crippen molar-refractivity contribution in [3.05, 3.63) is 58.2 Å². The average molecular weight is 440 g/mol. The number of ether oxygens (including phenoxy) is 2. The molecule has 31 heavy (non-hydrogen) atoms. The second-order valence-corrected chi connectivity index (χ2v) is 5.21. The molecule has 0 bridgehead atoms. The molecular weight excluding hydrogens is 422 g/mol. The van der Waals surface area contributed by atoms with E-state index in [1.807, 2.05) is 0 Å². The number of aromatic nitrogens is 1. The monoisotopic (exact) mass is 440 g/mol. The van der Waals surface area contributed by atoms with E-state index in [1.54, 1.807) is 13.8 Å². The fourth-order valence-corrected chi connectivity index (χ4v) is 1.88. The van der Waals surface area contributed by atoms with Gasteiger partial charge in [0.15, 0.2) is 29.3 Å². The van der Waals surface area contributed by atoms with Crippen LogP contribution in [0.2, 0.25) is 0 Å². The van der Waals surface area contributed by atoms with E-state index in [0.717, 1.165) is 18.6 Å². The molecule has 0 spiro atoms. The highest BCUT2D eigenvalue weighted by atomic mass is 19.1. The van der Waals surface area contributed by atoms with Gasteiger partial charge in [-0.2, -0.15) is 0 Å². The van der Waals surface area contributed by atoms with Gasteiger partial charge in [0, 0.05) is 17.0 Å². The van der Waals surface area contributed by atoms with E-state index in [-0.39, 0.29) is 30.1 Å². The number of hydrogen-bond donors (Lipinski definition) is 1. The highest BCUT2D eigenvalue weighted by Gasteiger charge is 2.14. The minimum atomic E-state index is -0.521. The fraction of sp³-hybridized carbons (Fsp3) is 0.278. The third kappa shape index (κ3) is 8.41. The van der Waals surface area contributed by atoms with Crippen LogP contribution >= 0.6 is 0 Å². The number of aromatic amines is 1. The molecule has 1 N–H and O–H groups in total. The number of aldehydes is 1. The van der Waals surface area contributed by atoms with Gasteiger partial charge in [-0.25, -0.2) is 13.6 Å². The standard InChI is InChI=1S/C9H8FNO3.C5H3FO2.C4H7N3O2/c1-2-13-9(12)6-3-7-8(11-6)5(10)4-14-7;6-4-1-5(2-7)8-3-4;1-2-9-4(8)3-6-7-5/h3-4,11H,2H2,1H3;1-3H;2-3H2,1H3. The maximum atomic E-state index is 12.9. The molecule has 3 aromatic heterocycles. The first-order valence-electron chi connectivity index (χ1n) is 8.64. The van der Waals surface area contributed by atoms with E-state index in [4.69, 9.17) is 14.7 Å². The van der Waals surface area contributed by atoms with Crippen LogP contribution < -0.4 is 0 Å². The van der Waals surface area contributed by atoms with Gasteiger partial charge in [0.1, 0.15) is 30.3 Å². The third-order valence-electron chi connectivity index (χ3n) is 3.08. The molecule has 0 aliphatic heterocycles. The van der Waals surface area contributed by atoms with Crippen molar-refractivity contribution in [1.29, 1.82) is 0 Å². The number of carbonyl (C=O) groups is 3. The summed E-state index contributed by atoms with van der Waals surface area (Å²) in [6, 6.07) is 2.43. The first kappa shape index (κ1) is 24.9. The average Bonchev–Trinajstić information content (AvgIpc) is 3.45. The number of carbonyl (C=O) groups excluding carboxylic acids is 3. The first-order chi connectivity index (χ1) is 14.9. The van der Waals surface area contributed by atoms with Gasteiger partial charge in [-0.05, 0) is 19.4 Å². The van der Waals surface area contributed by atoms with Crippen molar-refractivity contribution in [2.24, 2.45) is 5.11 Å². The van der Waals surface area contributed by atoms with Crippen molar-refractivity contribution in [3.8, 4) is 0 Å². The Morgan fingerprint density at radius 2 is 1.90 bits per heavy atom. The Morgan fingerprint density at radius 1 is 1.19 bits per heavy atom. The number of rotatable bonds is 6. The molecule has 0 radical (unpaired) electrons. The molecule has 3 heterocycles. The number of nitrogens with one attached hydrogen (secondary N) is 1. The molecule has 3 rings (SSSR count). The van der Waals surface area contributed by atoms with Crippen LogP contribution in [0.5, 0.6) is 0 Å². The van der Waals surface area contributed by atoms with Gasteiger partial charge in [-0.3, -0.25) is 9.59 Å². The van der Waals surface area contributed by atoms with Crippen LogP contribution in [0.15, 0.2) is 38.6 Å². The van der Waals surface area contributed by atoms with E-state index in [9.17, 15) is 23.2 Å². The van der Waals surface area contributed by atoms with Crippen LogP contribution in [0, 0.1) is 11.6 Å². The Balaban J connectivity index is 0.000000247. The maximum Gasteiger partial charge on any atom is 0.354 e. The summed E-state index contributed by atoms with van der Waals surface area (Å²) in [6.07, 6.45) is 2.31. The molecule has 0 saturated heterocycles. The number of hydrogen-bond acceptors (Lipinski definition) is 8.